The van der Waals surface area contributed by atoms with Gasteiger partial charge in [-0.15, -0.1) is 0 Å². The van der Waals surface area contributed by atoms with E-state index in [2.05, 4.69) is 5.32 Å². The van der Waals surface area contributed by atoms with Crippen LogP contribution in [-0.2, 0) is 16.1 Å². The lowest BCUT2D eigenvalue weighted by Gasteiger charge is -2.12. The Hall–Kier alpha value is -3.55. The molecule has 0 aliphatic carbocycles. The molecule has 0 atom stereocenters. The molecule has 0 unspecified atom stereocenters. The Morgan fingerprint density at radius 3 is 2.43 bits per heavy atom. The summed E-state index contributed by atoms with van der Waals surface area (Å²) >= 11 is 7.01. The van der Waals surface area contributed by atoms with Gasteiger partial charge < -0.3 is 10.1 Å². The Bertz CT molecular complexity index is 1300. The van der Waals surface area contributed by atoms with Crippen LogP contribution >= 0.6 is 23.4 Å². The summed E-state index contributed by atoms with van der Waals surface area (Å²) in [5.41, 5.74) is 4.29. The first-order valence-electron chi connectivity index (χ1n) is 10.9. The smallest absolute Gasteiger partial charge is 0.293 e. The van der Waals surface area contributed by atoms with Gasteiger partial charge in [-0.1, -0.05) is 59.6 Å². The maximum Gasteiger partial charge on any atom is 0.293 e. The van der Waals surface area contributed by atoms with Gasteiger partial charge in [0.25, 0.3) is 17.1 Å². The first-order chi connectivity index (χ1) is 16.8. The monoisotopic (exact) mass is 506 g/mol. The summed E-state index contributed by atoms with van der Waals surface area (Å²) in [5.74, 6) is -0.114. The van der Waals surface area contributed by atoms with Gasteiger partial charge in [0.15, 0.2) is 6.61 Å². The molecule has 35 heavy (non-hydrogen) atoms. The van der Waals surface area contributed by atoms with Crippen molar-refractivity contribution in [3.8, 4) is 5.75 Å². The van der Waals surface area contributed by atoms with Crippen LogP contribution in [0.15, 0.2) is 71.6 Å². The third-order valence-electron chi connectivity index (χ3n) is 5.34. The first-order valence-corrected chi connectivity index (χ1v) is 12.1. The summed E-state index contributed by atoms with van der Waals surface area (Å²) in [5, 5.41) is 3.03. The molecule has 0 spiro atoms. The van der Waals surface area contributed by atoms with Crippen LogP contribution in [0, 0.1) is 13.8 Å². The number of hydrogen-bond acceptors (Lipinski definition) is 5. The number of hydrogen-bond donors (Lipinski definition) is 1. The van der Waals surface area contributed by atoms with Crippen LogP contribution in [0.5, 0.6) is 5.75 Å². The molecule has 4 rings (SSSR count). The maximum atomic E-state index is 12.8. The molecule has 8 heteroatoms. The number of thioether (sulfide) groups is 1. The molecule has 3 amide bonds. The number of benzene rings is 3. The van der Waals surface area contributed by atoms with Gasteiger partial charge in [0.2, 0.25) is 0 Å². The van der Waals surface area contributed by atoms with E-state index in [0.717, 1.165) is 34.0 Å². The maximum absolute atomic E-state index is 12.8. The fraction of sp³-hybridized carbons (Fsp3) is 0.148. The van der Waals surface area contributed by atoms with Gasteiger partial charge in [0.1, 0.15) is 5.75 Å². The standard InChI is InChI=1S/C27H23ClN2O4S/c1-17-3-6-20(7-4-17)15-30-26(32)24(35-27(30)33)13-19-8-11-22(12-9-19)34-16-25(31)29-21-10-5-18(2)23(28)14-21/h3-14H,15-16H2,1-2H3,(H,29,31)/b24-13-. The van der Waals surface area contributed by atoms with Crippen LogP contribution < -0.4 is 10.1 Å². The zero-order chi connectivity index (χ0) is 24.9. The van der Waals surface area contributed by atoms with Crippen LogP contribution in [0.4, 0.5) is 10.5 Å². The number of anilines is 1. The number of imide groups is 1. The molecule has 1 aliphatic heterocycles. The first kappa shape index (κ1) is 24.6. The third-order valence-corrected chi connectivity index (χ3v) is 6.65. The minimum Gasteiger partial charge on any atom is -0.484 e. The molecule has 0 saturated carbocycles. The number of carbonyl (C=O) groups excluding carboxylic acids is 3. The van der Waals surface area contributed by atoms with Gasteiger partial charge in [0, 0.05) is 10.7 Å². The van der Waals surface area contributed by atoms with Crippen molar-refractivity contribution in [2.75, 3.05) is 11.9 Å². The van der Waals surface area contributed by atoms with Crippen molar-refractivity contribution in [1.82, 2.24) is 4.90 Å². The summed E-state index contributed by atoms with van der Waals surface area (Å²) < 4.78 is 5.55. The summed E-state index contributed by atoms with van der Waals surface area (Å²) in [6, 6.07) is 20.0. The van der Waals surface area contributed by atoms with Crippen molar-refractivity contribution in [3.05, 3.63) is 98.9 Å². The van der Waals surface area contributed by atoms with E-state index in [0.29, 0.717) is 21.4 Å². The highest BCUT2D eigenvalue weighted by Gasteiger charge is 2.34. The Morgan fingerprint density at radius 1 is 1.03 bits per heavy atom. The van der Waals surface area contributed by atoms with Crippen molar-refractivity contribution in [2.45, 2.75) is 20.4 Å². The molecule has 0 bridgehead atoms. The molecular weight excluding hydrogens is 484 g/mol. The lowest BCUT2D eigenvalue weighted by Crippen LogP contribution is -2.27. The minimum atomic E-state index is -0.311. The third kappa shape index (κ3) is 6.32. The average molecular weight is 507 g/mol. The molecule has 3 aromatic carbocycles. The van der Waals surface area contributed by atoms with Crippen LogP contribution in [0.3, 0.4) is 0 Å². The molecule has 0 aromatic heterocycles. The lowest BCUT2D eigenvalue weighted by molar-refractivity contribution is -0.123. The molecule has 1 fully saturated rings. The van der Waals surface area contributed by atoms with E-state index >= 15 is 0 Å². The number of ether oxygens (including phenoxy) is 1. The minimum absolute atomic E-state index is 0.164. The van der Waals surface area contributed by atoms with Gasteiger partial charge in [0.05, 0.1) is 11.4 Å². The summed E-state index contributed by atoms with van der Waals surface area (Å²) in [6.45, 7) is 3.95. The van der Waals surface area contributed by atoms with E-state index in [1.54, 1.807) is 42.5 Å². The molecule has 1 saturated heterocycles. The number of amides is 3. The van der Waals surface area contributed by atoms with E-state index in [-0.39, 0.29) is 30.2 Å². The molecule has 178 valence electrons. The molecular formula is C27H23ClN2O4S. The second kappa shape index (κ2) is 10.8. The fourth-order valence-electron chi connectivity index (χ4n) is 3.34. The van der Waals surface area contributed by atoms with Gasteiger partial charge in [-0.2, -0.15) is 0 Å². The van der Waals surface area contributed by atoms with E-state index in [9.17, 15) is 14.4 Å². The largest absolute Gasteiger partial charge is 0.484 e. The predicted octanol–water partition coefficient (Wildman–Crippen LogP) is 6.21. The van der Waals surface area contributed by atoms with Gasteiger partial charge >= 0.3 is 0 Å². The molecule has 1 N–H and O–H groups in total. The van der Waals surface area contributed by atoms with E-state index in [1.807, 2.05) is 44.2 Å². The highest BCUT2D eigenvalue weighted by Crippen LogP contribution is 2.33. The molecule has 6 nitrogen and oxygen atoms in total. The van der Waals surface area contributed by atoms with Gasteiger partial charge in [-0.25, -0.2) is 0 Å². The Morgan fingerprint density at radius 2 is 1.74 bits per heavy atom. The number of halogens is 1. The van der Waals surface area contributed by atoms with Crippen molar-refractivity contribution in [3.63, 3.8) is 0 Å². The van der Waals surface area contributed by atoms with Crippen molar-refractivity contribution >= 4 is 52.2 Å². The Balaban J connectivity index is 1.33. The summed E-state index contributed by atoms with van der Waals surface area (Å²) in [7, 11) is 0. The van der Waals surface area contributed by atoms with Crippen LogP contribution in [0.2, 0.25) is 5.02 Å². The van der Waals surface area contributed by atoms with Gasteiger partial charge in [-0.05, 0) is 72.6 Å². The normalized spacial score (nSPS) is 14.5. The zero-order valence-electron chi connectivity index (χ0n) is 19.2. The predicted molar refractivity (Wildman–Crippen MR) is 139 cm³/mol. The zero-order valence-corrected chi connectivity index (χ0v) is 20.8. The van der Waals surface area contributed by atoms with E-state index in [1.165, 1.54) is 4.90 Å². The molecule has 1 aliphatic rings. The van der Waals surface area contributed by atoms with Crippen molar-refractivity contribution < 1.29 is 19.1 Å². The van der Waals surface area contributed by atoms with Gasteiger partial charge in [-0.3, -0.25) is 19.3 Å². The van der Waals surface area contributed by atoms with E-state index < -0.39 is 0 Å². The van der Waals surface area contributed by atoms with Crippen LogP contribution in [-0.4, -0.2) is 28.6 Å². The lowest BCUT2D eigenvalue weighted by atomic mass is 10.1. The SMILES string of the molecule is Cc1ccc(CN2C(=O)S/C(=C\c3ccc(OCC(=O)Nc4ccc(C)c(Cl)c4)cc3)C2=O)cc1. The second-order valence-corrected chi connectivity index (χ2v) is 9.52. The van der Waals surface area contributed by atoms with Crippen LogP contribution in [0.1, 0.15) is 22.3 Å². The van der Waals surface area contributed by atoms with Crippen molar-refractivity contribution in [1.29, 1.82) is 0 Å². The quantitative estimate of drug-likeness (QED) is 0.385. The number of carbonyl (C=O) groups is 3. The number of rotatable bonds is 7. The average Bonchev–Trinajstić information content (AvgIpc) is 3.09. The summed E-state index contributed by atoms with van der Waals surface area (Å²) in [4.78, 5) is 38.9. The molecule has 1 heterocycles. The highest BCUT2D eigenvalue weighted by atomic mass is 35.5. The number of nitrogens with one attached hydrogen (secondary N) is 1. The Kier molecular flexibility index (Phi) is 7.58. The second-order valence-electron chi connectivity index (χ2n) is 8.12. The van der Waals surface area contributed by atoms with Crippen molar-refractivity contribution in [2.24, 2.45) is 0 Å². The molecule has 3 aromatic rings. The topological polar surface area (TPSA) is 75.7 Å². The number of aryl methyl sites for hydroxylation is 2. The highest BCUT2D eigenvalue weighted by molar-refractivity contribution is 8.18. The van der Waals surface area contributed by atoms with Crippen LogP contribution in [0.25, 0.3) is 6.08 Å². The number of nitrogens with zero attached hydrogens (tertiary/aromatic N) is 1. The molecule has 0 radical (unpaired) electrons. The summed E-state index contributed by atoms with van der Waals surface area (Å²) in [6.07, 6.45) is 1.68. The van der Waals surface area contributed by atoms with E-state index in [4.69, 9.17) is 16.3 Å². The fourth-order valence-corrected chi connectivity index (χ4v) is 4.36. The Labute approximate surface area is 212 Å².